The highest BCUT2D eigenvalue weighted by Crippen LogP contribution is 2.23. The zero-order chi connectivity index (χ0) is 18.3. The summed E-state index contributed by atoms with van der Waals surface area (Å²) in [6, 6.07) is 5.86. The minimum absolute atomic E-state index is 0.140. The minimum Gasteiger partial charge on any atom is -0.274 e. The number of carbonyl (C=O) groups excluding carboxylic acids is 2. The van der Waals surface area contributed by atoms with Crippen molar-refractivity contribution in [3.63, 3.8) is 0 Å². The summed E-state index contributed by atoms with van der Waals surface area (Å²) in [5.74, 6) is -0.497. The van der Waals surface area contributed by atoms with Crippen LogP contribution in [0.5, 0.6) is 0 Å². The first kappa shape index (κ1) is 19.6. The van der Waals surface area contributed by atoms with Gasteiger partial charge in [-0.25, -0.2) is 13.1 Å². The van der Waals surface area contributed by atoms with Crippen LogP contribution in [0.2, 0.25) is 0 Å². The van der Waals surface area contributed by atoms with Crippen molar-refractivity contribution in [2.45, 2.75) is 63.2 Å². The molecule has 0 saturated carbocycles. The molecule has 1 aliphatic rings. The van der Waals surface area contributed by atoms with Gasteiger partial charge in [0.1, 0.15) is 0 Å². The molecule has 1 aliphatic heterocycles. The summed E-state index contributed by atoms with van der Waals surface area (Å²) in [5.41, 5.74) is 0.419. The highest BCUT2D eigenvalue weighted by atomic mass is 32.2. The number of imide groups is 1. The molecule has 0 aromatic heterocycles. The standard InChI is InChI=1S/C18H26N2O4S/c1-2-3-4-5-6-7-14-19-25(23,24)16-10-8-15(9-11-16)20-17(21)12-13-18(20)22/h8-11,19H,2-7,12-14H2,1H3. The van der Waals surface area contributed by atoms with E-state index in [-0.39, 0.29) is 29.6 Å². The molecule has 2 rings (SSSR count). The van der Waals surface area contributed by atoms with Gasteiger partial charge in [0.2, 0.25) is 21.8 Å². The Morgan fingerprint density at radius 3 is 2.08 bits per heavy atom. The summed E-state index contributed by atoms with van der Waals surface area (Å²) < 4.78 is 27.1. The summed E-state index contributed by atoms with van der Waals surface area (Å²) in [7, 11) is -3.56. The molecule has 2 amide bonds. The quantitative estimate of drug-likeness (QED) is 0.510. The lowest BCUT2D eigenvalue weighted by Crippen LogP contribution is -2.28. The van der Waals surface area contributed by atoms with E-state index >= 15 is 0 Å². The van der Waals surface area contributed by atoms with E-state index in [1.807, 2.05) is 0 Å². The topological polar surface area (TPSA) is 83.6 Å². The number of nitrogens with one attached hydrogen (secondary N) is 1. The van der Waals surface area contributed by atoms with Crippen LogP contribution in [0.3, 0.4) is 0 Å². The average molecular weight is 366 g/mol. The molecule has 0 aliphatic carbocycles. The third-order valence-corrected chi connectivity index (χ3v) is 5.76. The third-order valence-electron chi connectivity index (χ3n) is 4.28. The fourth-order valence-electron chi connectivity index (χ4n) is 2.83. The molecule has 0 atom stereocenters. The number of hydrogen-bond acceptors (Lipinski definition) is 4. The zero-order valence-corrected chi connectivity index (χ0v) is 15.5. The lowest BCUT2D eigenvalue weighted by atomic mass is 10.1. The van der Waals surface area contributed by atoms with E-state index < -0.39 is 10.0 Å². The van der Waals surface area contributed by atoms with Crippen molar-refractivity contribution in [2.75, 3.05) is 11.4 Å². The maximum Gasteiger partial charge on any atom is 0.240 e. The van der Waals surface area contributed by atoms with E-state index in [4.69, 9.17) is 0 Å². The molecule has 1 fully saturated rings. The van der Waals surface area contributed by atoms with Gasteiger partial charge in [0, 0.05) is 19.4 Å². The van der Waals surface area contributed by atoms with Crippen LogP contribution in [0.4, 0.5) is 5.69 Å². The predicted molar refractivity (Wildman–Crippen MR) is 96.7 cm³/mol. The molecule has 0 bridgehead atoms. The molecule has 1 aromatic rings. The maximum atomic E-state index is 12.3. The first-order valence-electron chi connectivity index (χ1n) is 8.91. The number of sulfonamides is 1. The first-order valence-corrected chi connectivity index (χ1v) is 10.4. The van der Waals surface area contributed by atoms with Gasteiger partial charge in [0.25, 0.3) is 0 Å². The summed E-state index contributed by atoms with van der Waals surface area (Å²) in [6.45, 7) is 2.58. The van der Waals surface area contributed by atoms with E-state index in [2.05, 4.69) is 11.6 Å². The van der Waals surface area contributed by atoms with Gasteiger partial charge in [-0.3, -0.25) is 14.5 Å². The number of benzene rings is 1. The smallest absolute Gasteiger partial charge is 0.240 e. The van der Waals surface area contributed by atoms with E-state index in [0.29, 0.717) is 12.2 Å². The number of anilines is 1. The molecule has 0 radical (unpaired) electrons. The van der Waals surface area contributed by atoms with Crippen molar-refractivity contribution in [1.29, 1.82) is 0 Å². The summed E-state index contributed by atoms with van der Waals surface area (Å²) in [5, 5.41) is 0. The number of amides is 2. The van der Waals surface area contributed by atoms with Crippen molar-refractivity contribution < 1.29 is 18.0 Å². The lowest BCUT2D eigenvalue weighted by molar-refractivity contribution is -0.121. The van der Waals surface area contributed by atoms with Crippen molar-refractivity contribution >= 4 is 27.5 Å². The Morgan fingerprint density at radius 2 is 1.48 bits per heavy atom. The van der Waals surface area contributed by atoms with Gasteiger partial charge in [0.05, 0.1) is 10.6 Å². The van der Waals surface area contributed by atoms with Crippen LogP contribution in [0.1, 0.15) is 58.3 Å². The van der Waals surface area contributed by atoms with E-state index in [1.165, 1.54) is 43.5 Å². The largest absolute Gasteiger partial charge is 0.274 e. The van der Waals surface area contributed by atoms with E-state index in [1.54, 1.807) is 0 Å². The second kappa shape index (κ2) is 9.10. The Hall–Kier alpha value is -1.73. The van der Waals surface area contributed by atoms with Gasteiger partial charge in [-0.1, -0.05) is 39.0 Å². The van der Waals surface area contributed by atoms with E-state index in [9.17, 15) is 18.0 Å². The zero-order valence-electron chi connectivity index (χ0n) is 14.7. The fourth-order valence-corrected chi connectivity index (χ4v) is 3.91. The van der Waals surface area contributed by atoms with Crippen molar-refractivity contribution in [2.24, 2.45) is 0 Å². The summed E-state index contributed by atoms with van der Waals surface area (Å²) in [4.78, 5) is 24.7. The van der Waals surface area contributed by atoms with Crippen LogP contribution in [0.25, 0.3) is 0 Å². The van der Waals surface area contributed by atoms with E-state index in [0.717, 1.165) is 24.2 Å². The van der Waals surface area contributed by atoms with Crippen LogP contribution in [-0.4, -0.2) is 26.8 Å². The number of rotatable bonds is 10. The SMILES string of the molecule is CCCCCCCCNS(=O)(=O)c1ccc(N2C(=O)CCC2=O)cc1. The highest BCUT2D eigenvalue weighted by molar-refractivity contribution is 7.89. The van der Waals surface area contributed by atoms with Crippen LogP contribution in [0, 0.1) is 0 Å². The monoisotopic (exact) mass is 366 g/mol. The normalized spacial score (nSPS) is 15.2. The maximum absolute atomic E-state index is 12.3. The van der Waals surface area contributed by atoms with Gasteiger partial charge in [0.15, 0.2) is 0 Å². The molecule has 1 heterocycles. The summed E-state index contributed by atoms with van der Waals surface area (Å²) >= 11 is 0. The molecule has 1 saturated heterocycles. The number of nitrogens with zero attached hydrogens (tertiary/aromatic N) is 1. The van der Waals surface area contributed by atoms with Gasteiger partial charge < -0.3 is 0 Å². The third kappa shape index (κ3) is 5.37. The molecular weight excluding hydrogens is 340 g/mol. The Bertz CT molecular complexity index is 682. The Kier molecular flexibility index (Phi) is 7.13. The van der Waals surface area contributed by atoms with Crippen molar-refractivity contribution in [3.05, 3.63) is 24.3 Å². The van der Waals surface area contributed by atoms with Crippen LogP contribution in [0.15, 0.2) is 29.2 Å². The number of hydrogen-bond donors (Lipinski definition) is 1. The molecule has 7 heteroatoms. The molecule has 1 N–H and O–H groups in total. The molecular formula is C18H26N2O4S. The first-order chi connectivity index (χ1) is 12.0. The predicted octanol–water partition coefficient (Wildman–Crippen LogP) is 2.98. The lowest BCUT2D eigenvalue weighted by Gasteiger charge is -2.14. The summed E-state index contributed by atoms with van der Waals surface area (Å²) in [6.07, 6.45) is 6.98. The second-order valence-electron chi connectivity index (χ2n) is 6.28. The Labute approximate surface area is 149 Å². The van der Waals surface area contributed by atoms with Gasteiger partial charge >= 0.3 is 0 Å². The molecule has 0 spiro atoms. The molecule has 6 nitrogen and oxygen atoms in total. The van der Waals surface area contributed by atoms with Crippen LogP contribution >= 0.6 is 0 Å². The van der Waals surface area contributed by atoms with Gasteiger partial charge in [-0.05, 0) is 30.7 Å². The average Bonchev–Trinajstić information content (AvgIpc) is 2.93. The Balaban J connectivity index is 1.87. The van der Waals surface area contributed by atoms with Crippen molar-refractivity contribution in [1.82, 2.24) is 4.72 Å². The molecule has 0 unspecified atom stereocenters. The fraction of sp³-hybridized carbons (Fsp3) is 0.556. The minimum atomic E-state index is -3.56. The number of unbranched alkanes of at least 4 members (excludes halogenated alkanes) is 5. The Morgan fingerprint density at radius 1 is 0.920 bits per heavy atom. The number of carbonyl (C=O) groups is 2. The van der Waals surface area contributed by atoms with Crippen molar-refractivity contribution in [3.8, 4) is 0 Å². The van der Waals surface area contributed by atoms with Gasteiger partial charge in [-0.2, -0.15) is 0 Å². The highest BCUT2D eigenvalue weighted by Gasteiger charge is 2.30. The molecule has 138 valence electrons. The molecule has 1 aromatic carbocycles. The second-order valence-corrected chi connectivity index (χ2v) is 8.05. The van der Waals surface area contributed by atoms with Gasteiger partial charge in [-0.15, -0.1) is 0 Å². The van der Waals surface area contributed by atoms with Crippen LogP contribution < -0.4 is 9.62 Å². The molecule has 25 heavy (non-hydrogen) atoms. The van der Waals surface area contributed by atoms with Crippen LogP contribution in [-0.2, 0) is 19.6 Å².